The van der Waals surface area contributed by atoms with E-state index in [4.69, 9.17) is 17.3 Å². The molecule has 0 radical (unpaired) electrons. The minimum absolute atomic E-state index is 0.0546. The molecule has 1 unspecified atom stereocenters. The predicted molar refractivity (Wildman–Crippen MR) is 92.0 cm³/mol. The minimum Gasteiger partial charge on any atom is -0.376 e. The lowest BCUT2D eigenvalue weighted by molar-refractivity contribution is 0.589. The summed E-state index contributed by atoms with van der Waals surface area (Å²) in [6.07, 6.45) is 0. The summed E-state index contributed by atoms with van der Waals surface area (Å²) in [7, 11) is 0. The smallest absolute Gasteiger partial charge is 0.0637 e. The Morgan fingerprint density at radius 3 is 2.19 bits per heavy atom. The first kappa shape index (κ1) is 15.9. The molecular weight excluding hydrogens is 280 g/mol. The van der Waals surface area contributed by atoms with Gasteiger partial charge in [0.1, 0.15) is 0 Å². The van der Waals surface area contributed by atoms with Crippen molar-refractivity contribution in [2.75, 3.05) is 11.9 Å². The van der Waals surface area contributed by atoms with E-state index in [2.05, 4.69) is 50.4 Å². The van der Waals surface area contributed by atoms with Gasteiger partial charge in [0, 0.05) is 6.54 Å². The highest BCUT2D eigenvalue weighted by Gasteiger charge is 2.15. The highest BCUT2D eigenvalue weighted by Crippen LogP contribution is 2.27. The summed E-state index contributed by atoms with van der Waals surface area (Å²) in [5.41, 5.74) is 9.48. The Morgan fingerprint density at radius 2 is 1.67 bits per heavy atom. The summed E-state index contributed by atoms with van der Waals surface area (Å²) >= 11 is 6.19. The van der Waals surface area contributed by atoms with Crippen molar-refractivity contribution in [3.63, 3.8) is 0 Å². The summed E-state index contributed by atoms with van der Waals surface area (Å²) in [6, 6.07) is 16.4. The molecule has 3 heteroatoms. The van der Waals surface area contributed by atoms with E-state index in [1.807, 2.05) is 24.3 Å². The summed E-state index contributed by atoms with van der Waals surface area (Å²) < 4.78 is 0. The standard InChI is InChI=1S/C18H23ClN2/c1-18(2,3)14-10-8-13(9-11-14)17(12-20)21-16-7-5-4-6-15(16)19/h4-11,17,21H,12,20H2,1-3H3. The van der Waals surface area contributed by atoms with Gasteiger partial charge in [-0.05, 0) is 28.7 Å². The van der Waals surface area contributed by atoms with E-state index >= 15 is 0 Å². The van der Waals surface area contributed by atoms with Gasteiger partial charge in [-0.15, -0.1) is 0 Å². The lowest BCUT2D eigenvalue weighted by Gasteiger charge is -2.22. The Bertz CT molecular complexity index is 585. The van der Waals surface area contributed by atoms with E-state index in [-0.39, 0.29) is 11.5 Å². The molecule has 0 aliphatic carbocycles. The zero-order chi connectivity index (χ0) is 15.5. The zero-order valence-electron chi connectivity index (χ0n) is 12.9. The van der Waals surface area contributed by atoms with Crippen molar-refractivity contribution < 1.29 is 0 Å². The molecule has 0 bridgehead atoms. The van der Waals surface area contributed by atoms with Crippen LogP contribution in [0.3, 0.4) is 0 Å². The van der Waals surface area contributed by atoms with Crippen molar-refractivity contribution in [3.8, 4) is 0 Å². The monoisotopic (exact) mass is 302 g/mol. The largest absolute Gasteiger partial charge is 0.376 e. The second kappa shape index (κ2) is 6.50. The van der Waals surface area contributed by atoms with Crippen molar-refractivity contribution in [3.05, 3.63) is 64.7 Å². The summed E-state index contributed by atoms with van der Waals surface area (Å²) in [6.45, 7) is 7.15. The Hall–Kier alpha value is -1.51. The topological polar surface area (TPSA) is 38.0 Å². The van der Waals surface area contributed by atoms with Crippen molar-refractivity contribution in [1.82, 2.24) is 0 Å². The zero-order valence-corrected chi connectivity index (χ0v) is 13.6. The van der Waals surface area contributed by atoms with Crippen LogP contribution < -0.4 is 11.1 Å². The van der Waals surface area contributed by atoms with Gasteiger partial charge in [0.2, 0.25) is 0 Å². The molecule has 112 valence electrons. The lowest BCUT2D eigenvalue weighted by atomic mass is 9.86. The van der Waals surface area contributed by atoms with Crippen LogP contribution in [0.4, 0.5) is 5.69 Å². The number of para-hydroxylation sites is 1. The van der Waals surface area contributed by atoms with E-state index in [0.29, 0.717) is 11.6 Å². The van der Waals surface area contributed by atoms with Gasteiger partial charge in [0.05, 0.1) is 16.8 Å². The van der Waals surface area contributed by atoms with E-state index in [1.165, 1.54) is 11.1 Å². The Labute approximate surface area is 132 Å². The first-order chi connectivity index (χ1) is 9.91. The van der Waals surface area contributed by atoms with Gasteiger partial charge >= 0.3 is 0 Å². The first-order valence-electron chi connectivity index (χ1n) is 7.23. The molecule has 2 nitrogen and oxygen atoms in total. The highest BCUT2D eigenvalue weighted by molar-refractivity contribution is 6.33. The van der Waals surface area contributed by atoms with Crippen molar-refractivity contribution in [1.29, 1.82) is 0 Å². The minimum atomic E-state index is 0.0546. The molecule has 0 fully saturated rings. The van der Waals surface area contributed by atoms with E-state index < -0.39 is 0 Å². The Balaban J connectivity index is 2.20. The average Bonchev–Trinajstić information content (AvgIpc) is 2.46. The highest BCUT2D eigenvalue weighted by atomic mass is 35.5. The SMILES string of the molecule is CC(C)(C)c1ccc(C(CN)Nc2ccccc2Cl)cc1. The molecule has 3 N–H and O–H groups in total. The Morgan fingerprint density at radius 1 is 1.05 bits per heavy atom. The van der Waals surface area contributed by atoms with Crippen molar-refractivity contribution in [2.24, 2.45) is 5.73 Å². The normalized spacial score (nSPS) is 13.0. The molecule has 0 aromatic heterocycles. The predicted octanol–water partition coefficient (Wildman–Crippen LogP) is 4.75. The van der Waals surface area contributed by atoms with Gasteiger partial charge in [-0.25, -0.2) is 0 Å². The Kier molecular flexibility index (Phi) is 4.92. The van der Waals surface area contributed by atoms with Crippen molar-refractivity contribution in [2.45, 2.75) is 32.2 Å². The molecule has 0 aliphatic rings. The fourth-order valence-electron chi connectivity index (χ4n) is 2.26. The van der Waals surface area contributed by atoms with E-state index in [9.17, 15) is 0 Å². The van der Waals surface area contributed by atoms with Crippen molar-refractivity contribution >= 4 is 17.3 Å². The third-order valence-electron chi connectivity index (χ3n) is 3.62. The fourth-order valence-corrected chi connectivity index (χ4v) is 2.45. The molecule has 1 atom stereocenters. The number of hydrogen-bond acceptors (Lipinski definition) is 2. The van der Waals surface area contributed by atoms with Crippen LogP contribution in [0.15, 0.2) is 48.5 Å². The van der Waals surface area contributed by atoms with Crippen LogP contribution in [-0.2, 0) is 5.41 Å². The van der Waals surface area contributed by atoms with Crippen LogP contribution in [0.25, 0.3) is 0 Å². The third-order valence-corrected chi connectivity index (χ3v) is 3.95. The van der Waals surface area contributed by atoms with Crippen LogP contribution in [0.5, 0.6) is 0 Å². The van der Waals surface area contributed by atoms with Crippen LogP contribution in [0, 0.1) is 0 Å². The summed E-state index contributed by atoms with van der Waals surface area (Å²) in [5, 5.41) is 4.12. The average molecular weight is 303 g/mol. The maximum atomic E-state index is 6.19. The fraction of sp³-hybridized carbons (Fsp3) is 0.333. The number of anilines is 1. The second-order valence-corrected chi connectivity index (χ2v) is 6.69. The molecule has 2 aromatic rings. The maximum Gasteiger partial charge on any atom is 0.0637 e. The molecule has 0 amide bonds. The van der Waals surface area contributed by atoms with Crippen LogP contribution in [-0.4, -0.2) is 6.54 Å². The van der Waals surface area contributed by atoms with Gasteiger partial charge in [0.15, 0.2) is 0 Å². The number of hydrogen-bond donors (Lipinski definition) is 2. The number of halogens is 1. The summed E-state index contributed by atoms with van der Waals surface area (Å²) in [4.78, 5) is 0. The second-order valence-electron chi connectivity index (χ2n) is 6.28. The number of nitrogens with two attached hydrogens (primary N) is 1. The van der Waals surface area contributed by atoms with E-state index in [1.54, 1.807) is 0 Å². The summed E-state index contributed by atoms with van der Waals surface area (Å²) in [5.74, 6) is 0. The number of rotatable bonds is 4. The van der Waals surface area contributed by atoms with Gasteiger partial charge in [0.25, 0.3) is 0 Å². The van der Waals surface area contributed by atoms with Crippen LogP contribution in [0.2, 0.25) is 5.02 Å². The molecule has 0 heterocycles. The molecule has 0 spiro atoms. The molecular formula is C18H23ClN2. The molecule has 0 aliphatic heterocycles. The molecule has 2 aromatic carbocycles. The first-order valence-corrected chi connectivity index (χ1v) is 7.61. The van der Waals surface area contributed by atoms with Gasteiger partial charge in [-0.3, -0.25) is 0 Å². The van der Waals surface area contributed by atoms with Gasteiger partial charge in [-0.1, -0.05) is 68.8 Å². The van der Waals surface area contributed by atoms with Crippen LogP contribution >= 0.6 is 11.6 Å². The van der Waals surface area contributed by atoms with Gasteiger partial charge < -0.3 is 11.1 Å². The lowest BCUT2D eigenvalue weighted by Crippen LogP contribution is -2.21. The molecule has 2 rings (SSSR count). The van der Waals surface area contributed by atoms with Gasteiger partial charge in [-0.2, -0.15) is 0 Å². The third kappa shape index (κ3) is 3.99. The maximum absolute atomic E-state index is 6.19. The number of benzene rings is 2. The molecule has 0 saturated carbocycles. The quantitative estimate of drug-likeness (QED) is 0.855. The number of nitrogens with one attached hydrogen (secondary N) is 1. The molecule has 0 saturated heterocycles. The molecule has 21 heavy (non-hydrogen) atoms. The van der Waals surface area contributed by atoms with Crippen LogP contribution in [0.1, 0.15) is 37.9 Å². The van der Waals surface area contributed by atoms with E-state index in [0.717, 1.165) is 5.69 Å².